The Labute approximate surface area is 255 Å². The van der Waals surface area contributed by atoms with Crippen molar-refractivity contribution in [1.82, 2.24) is 0 Å². The van der Waals surface area contributed by atoms with Gasteiger partial charge in [-0.05, 0) is 71.4 Å². The molecule has 7 aromatic carbocycles. The number of hydrogen-bond donors (Lipinski definition) is 0. The lowest BCUT2D eigenvalue weighted by Crippen LogP contribution is -2.09. The van der Waals surface area contributed by atoms with E-state index in [9.17, 15) is 0 Å². The molecule has 0 amide bonds. The van der Waals surface area contributed by atoms with Gasteiger partial charge in [-0.1, -0.05) is 72.8 Å². The van der Waals surface area contributed by atoms with E-state index in [2.05, 4.69) is 120 Å². The first-order valence-electron chi connectivity index (χ1n) is 14.8. The molecule has 0 fully saturated rings. The average Bonchev–Trinajstić information content (AvgIpc) is 3.75. The highest BCUT2D eigenvalue weighted by molar-refractivity contribution is 7.25. The molecule has 0 atom stereocenters. The molecule has 44 heavy (non-hydrogen) atoms. The van der Waals surface area contributed by atoms with Crippen LogP contribution in [0, 0.1) is 0 Å². The van der Waals surface area contributed by atoms with E-state index in [4.69, 9.17) is 8.83 Å². The average molecular weight is 582 g/mol. The minimum absolute atomic E-state index is 0.879. The summed E-state index contributed by atoms with van der Waals surface area (Å²) < 4.78 is 15.1. The molecule has 0 radical (unpaired) electrons. The lowest BCUT2D eigenvalue weighted by Gasteiger charge is -2.26. The van der Waals surface area contributed by atoms with Gasteiger partial charge in [-0.3, -0.25) is 0 Å². The summed E-state index contributed by atoms with van der Waals surface area (Å²) in [6.45, 7) is 0. The van der Waals surface area contributed by atoms with E-state index in [-0.39, 0.29) is 0 Å². The van der Waals surface area contributed by atoms with Gasteiger partial charge in [0.2, 0.25) is 0 Å². The van der Waals surface area contributed by atoms with E-state index < -0.39 is 0 Å². The van der Waals surface area contributed by atoms with E-state index in [1.54, 1.807) is 0 Å². The lowest BCUT2D eigenvalue weighted by molar-refractivity contribution is 0.668. The van der Waals surface area contributed by atoms with Gasteiger partial charge in [0.15, 0.2) is 0 Å². The van der Waals surface area contributed by atoms with Gasteiger partial charge >= 0.3 is 0 Å². The van der Waals surface area contributed by atoms with Crippen molar-refractivity contribution >= 4 is 103 Å². The van der Waals surface area contributed by atoms with Crippen molar-refractivity contribution < 1.29 is 8.83 Å². The Morgan fingerprint density at radius 2 is 0.977 bits per heavy atom. The van der Waals surface area contributed by atoms with E-state index >= 15 is 0 Å². The van der Waals surface area contributed by atoms with Gasteiger partial charge in [0, 0.05) is 64.8 Å². The quantitative estimate of drug-likeness (QED) is 0.208. The molecule has 0 aliphatic rings. The Hall–Kier alpha value is -5.58. The number of para-hydroxylation sites is 2. The van der Waals surface area contributed by atoms with Crippen LogP contribution in [-0.4, -0.2) is 0 Å². The van der Waals surface area contributed by atoms with Gasteiger partial charge in [-0.25, -0.2) is 0 Å². The number of fused-ring (bicyclic) bond motifs is 11. The van der Waals surface area contributed by atoms with Crippen LogP contribution >= 0.6 is 11.3 Å². The van der Waals surface area contributed by atoms with Crippen LogP contribution < -0.4 is 4.90 Å². The summed E-state index contributed by atoms with van der Waals surface area (Å²) >= 11 is 1.84. The number of nitrogens with zero attached hydrogens (tertiary/aromatic N) is 1. The highest BCUT2D eigenvalue weighted by atomic mass is 32.1. The molecule has 0 aliphatic carbocycles. The molecular formula is C40H23NO2S. The molecule has 4 heteroatoms. The van der Waals surface area contributed by atoms with E-state index in [0.717, 1.165) is 60.9 Å². The number of benzene rings is 7. The van der Waals surface area contributed by atoms with E-state index in [0.29, 0.717) is 0 Å². The van der Waals surface area contributed by atoms with Crippen molar-refractivity contribution in [2.24, 2.45) is 0 Å². The van der Waals surface area contributed by atoms with Gasteiger partial charge < -0.3 is 13.7 Å². The van der Waals surface area contributed by atoms with Gasteiger partial charge in [0.25, 0.3) is 0 Å². The maximum atomic E-state index is 6.34. The molecule has 0 saturated carbocycles. The fourth-order valence-corrected chi connectivity index (χ4v) is 7.97. The second kappa shape index (κ2) is 8.96. The molecule has 10 aromatic rings. The summed E-state index contributed by atoms with van der Waals surface area (Å²) in [5.74, 6) is 0. The first-order chi connectivity index (χ1) is 21.8. The van der Waals surface area contributed by atoms with E-state index in [1.807, 2.05) is 35.6 Å². The fourth-order valence-electron chi connectivity index (χ4n) is 6.83. The maximum absolute atomic E-state index is 6.34. The third-order valence-electron chi connectivity index (χ3n) is 8.84. The molecular weight excluding hydrogens is 559 g/mol. The molecule has 0 saturated heterocycles. The largest absolute Gasteiger partial charge is 0.456 e. The molecule has 206 valence electrons. The molecule has 0 spiro atoms. The summed E-state index contributed by atoms with van der Waals surface area (Å²) in [7, 11) is 0. The Balaban J connectivity index is 1.21. The lowest BCUT2D eigenvalue weighted by atomic mass is 10.0. The minimum atomic E-state index is 0.879. The van der Waals surface area contributed by atoms with Crippen LogP contribution in [0.4, 0.5) is 17.1 Å². The topological polar surface area (TPSA) is 29.5 Å². The second-order valence-electron chi connectivity index (χ2n) is 11.3. The van der Waals surface area contributed by atoms with Gasteiger partial charge in [0.05, 0.1) is 0 Å². The summed E-state index contributed by atoms with van der Waals surface area (Å²) in [6.07, 6.45) is 0. The molecule has 0 unspecified atom stereocenters. The van der Waals surface area contributed by atoms with Crippen LogP contribution in [-0.2, 0) is 0 Å². The first kappa shape index (κ1) is 23.9. The molecule has 0 bridgehead atoms. The number of rotatable bonds is 3. The number of thiophene rings is 1. The van der Waals surface area contributed by atoms with Crippen molar-refractivity contribution in [3.05, 3.63) is 140 Å². The van der Waals surface area contributed by atoms with Crippen molar-refractivity contribution in [2.45, 2.75) is 0 Å². The standard InChI is InChI=1S/C40H23NO2S/c1-4-10-34-29(7-1)30-18-15-26(22-37(30)43-34)41(27-16-19-32-31-8-3-6-12-38(31)44-39(32)23-27)25-14-17-28-24(21-25)13-20-36-40(28)33-9-2-5-11-35(33)42-36/h1-23H. The smallest absolute Gasteiger partial charge is 0.137 e. The molecule has 0 aliphatic heterocycles. The predicted molar refractivity (Wildman–Crippen MR) is 186 cm³/mol. The second-order valence-corrected chi connectivity index (χ2v) is 12.4. The number of hydrogen-bond acceptors (Lipinski definition) is 4. The van der Waals surface area contributed by atoms with E-state index in [1.165, 1.54) is 30.9 Å². The summed E-state index contributed by atoms with van der Waals surface area (Å²) in [5.41, 5.74) is 6.84. The van der Waals surface area contributed by atoms with Crippen LogP contribution in [0.2, 0.25) is 0 Å². The number of furan rings is 2. The molecule has 10 rings (SSSR count). The third kappa shape index (κ3) is 3.43. The third-order valence-corrected chi connectivity index (χ3v) is 9.97. The molecule has 3 aromatic heterocycles. The van der Waals surface area contributed by atoms with Gasteiger partial charge in [0.1, 0.15) is 22.3 Å². The van der Waals surface area contributed by atoms with Crippen LogP contribution in [0.5, 0.6) is 0 Å². The predicted octanol–water partition coefficient (Wildman–Crippen LogP) is 12.5. The highest BCUT2D eigenvalue weighted by Gasteiger charge is 2.18. The Morgan fingerprint density at radius 3 is 1.84 bits per heavy atom. The zero-order valence-corrected chi connectivity index (χ0v) is 24.3. The SMILES string of the molecule is c1ccc2c(c1)oc1cc(N(c3ccc4c(ccc5oc6ccccc6c54)c3)c3ccc4c(c3)sc3ccccc34)ccc12. The van der Waals surface area contributed by atoms with Crippen LogP contribution in [0.1, 0.15) is 0 Å². The zero-order valence-electron chi connectivity index (χ0n) is 23.5. The van der Waals surface area contributed by atoms with Crippen molar-refractivity contribution in [3.8, 4) is 0 Å². The summed E-state index contributed by atoms with van der Waals surface area (Å²) in [6, 6.07) is 49.5. The Bertz CT molecular complexity index is 2630. The van der Waals surface area contributed by atoms with Gasteiger partial charge in [-0.2, -0.15) is 0 Å². The van der Waals surface area contributed by atoms with Crippen LogP contribution in [0.15, 0.2) is 148 Å². The molecule has 3 nitrogen and oxygen atoms in total. The summed E-state index contributed by atoms with van der Waals surface area (Å²) in [5, 5.41) is 9.50. The monoisotopic (exact) mass is 581 g/mol. The van der Waals surface area contributed by atoms with Crippen molar-refractivity contribution in [1.29, 1.82) is 0 Å². The first-order valence-corrected chi connectivity index (χ1v) is 15.6. The molecule has 0 N–H and O–H groups in total. The fraction of sp³-hybridized carbons (Fsp3) is 0. The number of anilines is 3. The maximum Gasteiger partial charge on any atom is 0.137 e. The van der Waals surface area contributed by atoms with Gasteiger partial charge in [-0.15, -0.1) is 11.3 Å². The van der Waals surface area contributed by atoms with Crippen LogP contribution in [0.3, 0.4) is 0 Å². The zero-order chi connectivity index (χ0) is 28.8. The normalized spacial score (nSPS) is 12.1. The molecule has 3 heterocycles. The van der Waals surface area contributed by atoms with Crippen molar-refractivity contribution in [2.75, 3.05) is 4.90 Å². The minimum Gasteiger partial charge on any atom is -0.456 e. The highest BCUT2D eigenvalue weighted by Crippen LogP contribution is 2.43. The summed E-state index contributed by atoms with van der Waals surface area (Å²) in [4.78, 5) is 2.34. The Kier molecular flexibility index (Phi) is 4.87. The van der Waals surface area contributed by atoms with Crippen LogP contribution in [0.25, 0.3) is 74.8 Å². The van der Waals surface area contributed by atoms with Crippen molar-refractivity contribution in [3.63, 3.8) is 0 Å². The Morgan fingerprint density at radius 1 is 0.386 bits per heavy atom.